The first-order valence-electron chi connectivity index (χ1n) is 6.41. The van der Waals surface area contributed by atoms with Gasteiger partial charge in [0.2, 0.25) is 5.79 Å². The van der Waals surface area contributed by atoms with E-state index in [0.717, 1.165) is 6.07 Å². The Morgan fingerprint density at radius 2 is 2.00 bits per heavy atom. The summed E-state index contributed by atoms with van der Waals surface area (Å²) in [5.74, 6) is -1.53. The first kappa shape index (κ1) is 14.7. The second kappa shape index (κ2) is 4.92. The number of amidine groups is 1. The van der Waals surface area contributed by atoms with E-state index in [9.17, 15) is 13.2 Å². The second-order valence-corrected chi connectivity index (χ2v) is 5.01. The molecule has 0 spiro atoms. The van der Waals surface area contributed by atoms with Gasteiger partial charge in [-0.3, -0.25) is 5.73 Å². The summed E-state index contributed by atoms with van der Waals surface area (Å²) in [6.45, 7) is 0.722. The monoisotopic (exact) mass is 314 g/mol. The van der Waals surface area contributed by atoms with Crippen LogP contribution in [-0.2, 0) is 10.9 Å². The molecule has 1 unspecified atom stereocenters. The van der Waals surface area contributed by atoms with Crippen molar-refractivity contribution in [1.29, 1.82) is 0 Å². The summed E-state index contributed by atoms with van der Waals surface area (Å²) in [5.41, 5.74) is 10.7. The SMILES string of the molecule is NC1=NC(N)(C2COC2)N=C(c2cccc(C(F)(F)F)n2)N1. The highest BCUT2D eigenvalue weighted by Gasteiger charge is 2.42. The van der Waals surface area contributed by atoms with Crippen LogP contribution < -0.4 is 16.8 Å². The Labute approximate surface area is 123 Å². The predicted molar refractivity (Wildman–Crippen MR) is 71.8 cm³/mol. The van der Waals surface area contributed by atoms with Crippen LogP contribution in [0.1, 0.15) is 11.4 Å². The van der Waals surface area contributed by atoms with E-state index in [4.69, 9.17) is 16.2 Å². The van der Waals surface area contributed by atoms with Crippen LogP contribution in [0, 0.1) is 5.92 Å². The van der Waals surface area contributed by atoms with Gasteiger partial charge in [0.05, 0.1) is 19.1 Å². The molecular weight excluding hydrogens is 301 g/mol. The van der Waals surface area contributed by atoms with Crippen LogP contribution in [0.3, 0.4) is 0 Å². The van der Waals surface area contributed by atoms with Crippen molar-refractivity contribution in [2.75, 3.05) is 13.2 Å². The van der Waals surface area contributed by atoms with Crippen molar-refractivity contribution >= 4 is 11.8 Å². The number of nitrogens with two attached hydrogens (primary N) is 2. The van der Waals surface area contributed by atoms with Gasteiger partial charge in [-0.15, -0.1) is 0 Å². The normalized spacial score (nSPS) is 25.8. The molecule has 10 heteroatoms. The zero-order valence-corrected chi connectivity index (χ0v) is 11.3. The van der Waals surface area contributed by atoms with Gasteiger partial charge in [-0.05, 0) is 12.1 Å². The van der Waals surface area contributed by atoms with Crippen LogP contribution in [0.15, 0.2) is 28.2 Å². The average Bonchev–Trinajstić information content (AvgIpc) is 2.34. The minimum atomic E-state index is -4.55. The lowest BCUT2D eigenvalue weighted by Gasteiger charge is -2.38. The van der Waals surface area contributed by atoms with E-state index in [1.165, 1.54) is 12.1 Å². The number of nitrogens with zero attached hydrogens (tertiary/aromatic N) is 3. The molecule has 1 fully saturated rings. The number of halogens is 3. The molecule has 1 atom stereocenters. The summed E-state index contributed by atoms with van der Waals surface area (Å²) in [6, 6.07) is 3.50. The molecule has 118 valence electrons. The van der Waals surface area contributed by atoms with E-state index in [2.05, 4.69) is 20.3 Å². The Hall–Kier alpha value is -2.20. The maximum absolute atomic E-state index is 12.7. The number of nitrogens with one attached hydrogen (secondary N) is 1. The van der Waals surface area contributed by atoms with Gasteiger partial charge < -0.3 is 15.8 Å². The van der Waals surface area contributed by atoms with Gasteiger partial charge in [0.15, 0.2) is 11.8 Å². The van der Waals surface area contributed by atoms with Crippen molar-refractivity contribution < 1.29 is 17.9 Å². The smallest absolute Gasteiger partial charge is 0.380 e. The first-order valence-corrected chi connectivity index (χ1v) is 6.41. The lowest BCUT2D eigenvalue weighted by atomic mass is 9.99. The summed E-state index contributed by atoms with van der Waals surface area (Å²) >= 11 is 0. The van der Waals surface area contributed by atoms with Crippen molar-refractivity contribution in [3.63, 3.8) is 0 Å². The number of pyridine rings is 1. The molecule has 1 aromatic rings. The quantitative estimate of drug-likeness (QED) is 0.713. The molecular formula is C12H13F3N6O. The van der Waals surface area contributed by atoms with Crippen LogP contribution in [0.4, 0.5) is 13.2 Å². The maximum Gasteiger partial charge on any atom is 0.433 e. The first-order chi connectivity index (χ1) is 10.3. The third kappa shape index (κ3) is 2.62. The van der Waals surface area contributed by atoms with Crippen molar-refractivity contribution in [1.82, 2.24) is 10.3 Å². The van der Waals surface area contributed by atoms with Gasteiger partial charge in [-0.2, -0.15) is 13.2 Å². The zero-order valence-electron chi connectivity index (χ0n) is 11.3. The van der Waals surface area contributed by atoms with Gasteiger partial charge in [0.1, 0.15) is 11.4 Å². The number of hydrogen-bond acceptors (Lipinski definition) is 7. The Morgan fingerprint density at radius 1 is 1.27 bits per heavy atom. The third-order valence-corrected chi connectivity index (χ3v) is 3.36. The number of aromatic nitrogens is 1. The van der Waals surface area contributed by atoms with Crippen LogP contribution in [0.2, 0.25) is 0 Å². The molecule has 5 N–H and O–H groups in total. The lowest BCUT2D eigenvalue weighted by Crippen LogP contribution is -2.58. The van der Waals surface area contributed by atoms with Crippen molar-refractivity contribution in [2.45, 2.75) is 12.0 Å². The number of ether oxygens (including phenoxy) is 1. The largest absolute Gasteiger partial charge is 0.433 e. The molecule has 2 aliphatic heterocycles. The molecule has 1 saturated heterocycles. The number of aliphatic imine (C=N–C) groups is 2. The Kier molecular flexibility index (Phi) is 3.29. The molecule has 0 saturated carbocycles. The summed E-state index contributed by atoms with van der Waals surface area (Å²) in [5, 5.41) is 2.60. The van der Waals surface area contributed by atoms with Crippen molar-refractivity contribution in [3.8, 4) is 0 Å². The van der Waals surface area contributed by atoms with Gasteiger partial charge in [-0.25, -0.2) is 15.0 Å². The van der Waals surface area contributed by atoms with Crippen molar-refractivity contribution in [3.05, 3.63) is 29.6 Å². The van der Waals surface area contributed by atoms with Crippen LogP contribution in [-0.4, -0.2) is 35.8 Å². The molecule has 0 amide bonds. The number of guanidine groups is 1. The summed E-state index contributed by atoms with van der Waals surface area (Å²) in [4.78, 5) is 11.8. The number of hydrogen-bond donors (Lipinski definition) is 3. The van der Waals surface area contributed by atoms with Crippen LogP contribution >= 0.6 is 0 Å². The lowest BCUT2D eigenvalue weighted by molar-refractivity contribution is -0.141. The third-order valence-electron chi connectivity index (χ3n) is 3.36. The van der Waals surface area contributed by atoms with Crippen molar-refractivity contribution in [2.24, 2.45) is 27.4 Å². The van der Waals surface area contributed by atoms with Gasteiger partial charge in [-0.1, -0.05) is 6.07 Å². The molecule has 0 bridgehead atoms. The topological polar surface area (TPSA) is 111 Å². The molecule has 22 heavy (non-hydrogen) atoms. The Bertz CT molecular complexity index is 655. The predicted octanol–water partition coefficient (Wildman–Crippen LogP) is 0.0238. The molecule has 7 nitrogen and oxygen atoms in total. The highest BCUT2D eigenvalue weighted by Crippen LogP contribution is 2.29. The van der Waals surface area contributed by atoms with E-state index in [1.54, 1.807) is 0 Å². The second-order valence-electron chi connectivity index (χ2n) is 5.01. The molecule has 3 heterocycles. The molecule has 1 aromatic heterocycles. The zero-order chi connectivity index (χ0) is 16.0. The maximum atomic E-state index is 12.7. The molecule has 0 aliphatic carbocycles. The Balaban J connectivity index is 1.97. The summed E-state index contributed by atoms with van der Waals surface area (Å²) in [7, 11) is 0. The molecule has 0 radical (unpaired) electrons. The fourth-order valence-electron chi connectivity index (χ4n) is 2.08. The average molecular weight is 314 g/mol. The van der Waals surface area contributed by atoms with E-state index >= 15 is 0 Å². The van der Waals surface area contributed by atoms with Crippen LogP contribution in [0.25, 0.3) is 0 Å². The number of alkyl halides is 3. The fourth-order valence-corrected chi connectivity index (χ4v) is 2.08. The minimum Gasteiger partial charge on any atom is -0.380 e. The van der Waals surface area contributed by atoms with E-state index < -0.39 is 17.7 Å². The minimum absolute atomic E-state index is 0.0114. The number of rotatable bonds is 2. The highest BCUT2D eigenvalue weighted by atomic mass is 19.4. The fraction of sp³-hybridized carbons (Fsp3) is 0.417. The van der Waals surface area contributed by atoms with Crippen LogP contribution in [0.5, 0.6) is 0 Å². The molecule has 0 aromatic carbocycles. The highest BCUT2D eigenvalue weighted by molar-refractivity contribution is 6.08. The standard InChI is InChI=1S/C12H13F3N6O/c13-11(14,15)8-3-1-2-7(18-8)9-19-10(16)21-12(17,20-9)6-4-22-5-6/h1-3,6H,4-5,17H2,(H3,16,19,20,21). The molecule has 2 aliphatic rings. The van der Waals surface area contributed by atoms with Gasteiger partial charge in [0, 0.05) is 0 Å². The summed E-state index contributed by atoms with van der Waals surface area (Å²) in [6.07, 6.45) is -4.55. The summed E-state index contributed by atoms with van der Waals surface area (Å²) < 4.78 is 43.3. The van der Waals surface area contributed by atoms with E-state index in [0.29, 0.717) is 13.2 Å². The Morgan fingerprint density at radius 3 is 2.59 bits per heavy atom. The van der Waals surface area contributed by atoms with E-state index in [1.807, 2.05) is 0 Å². The van der Waals surface area contributed by atoms with Gasteiger partial charge in [0.25, 0.3) is 0 Å². The molecule has 3 rings (SSSR count). The van der Waals surface area contributed by atoms with E-state index in [-0.39, 0.29) is 23.4 Å². The van der Waals surface area contributed by atoms with Gasteiger partial charge >= 0.3 is 6.18 Å².